The van der Waals surface area contributed by atoms with Gasteiger partial charge in [-0.3, -0.25) is 9.59 Å². The van der Waals surface area contributed by atoms with E-state index in [4.69, 9.17) is 0 Å². The van der Waals surface area contributed by atoms with Gasteiger partial charge in [-0.05, 0) is 25.3 Å². The topological polar surface area (TPSA) is 49.4 Å². The number of hydrogen-bond acceptors (Lipinski definition) is 2. The molecule has 1 N–H and O–H groups in total. The fourth-order valence-corrected chi connectivity index (χ4v) is 2.72. The first-order valence-electron chi connectivity index (χ1n) is 5.75. The summed E-state index contributed by atoms with van der Waals surface area (Å²) in [5.41, 5.74) is 0.770. The van der Waals surface area contributed by atoms with E-state index in [1.54, 1.807) is 4.90 Å². The number of rotatable bonds is 0. The highest BCUT2D eigenvalue weighted by Crippen LogP contribution is 2.29. The van der Waals surface area contributed by atoms with E-state index in [1.807, 2.05) is 18.2 Å². The summed E-state index contributed by atoms with van der Waals surface area (Å²) in [7, 11) is 0. The monoisotopic (exact) mass is 218 g/mol. The van der Waals surface area contributed by atoms with Gasteiger partial charge in [0.1, 0.15) is 6.04 Å². The first-order valence-corrected chi connectivity index (χ1v) is 5.75. The first kappa shape index (κ1) is 9.63. The van der Waals surface area contributed by atoms with E-state index < -0.39 is 0 Å². The molecule has 16 heavy (non-hydrogen) atoms. The number of nitrogens with zero attached hydrogens (tertiary/aromatic N) is 1. The summed E-state index contributed by atoms with van der Waals surface area (Å²) >= 11 is 0. The van der Waals surface area contributed by atoms with E-state index in [1.165, 1.54) is 0 Å². The number of carbonyl (C=O) groups is 2. The van der Waals surface area contributed by atoms with E-state index in [-0.39, 0.29) is 23.8 Å². The molecule has 2 amide bonds. The average molecular weight is 218 g/mol. The van der Waals surface area contributed by atoms with E-state index in [0.717, 1.165) is 25.1 Å². The number of amides is 2. The van der Waals surface area contributed by atoms with Crippen molar-refractivity contribution in [3.8, 4) is 0 Å². The van der Waals surface area contributed by atoms with Gasteiger partial charge in [-0.15, -0.1) is 0 Å². The Hall–Kier alpha value is -1.58. The molecule has 2 atom stereocenters. The predicted octanol–water partition coefficient (Wildman–Crippen LogP) is 0.567. The molecule has 4 nitrogen and oxygen atoms in total. The third-order valence-corrected chi connectivity index (χ3v) is 3.56. The number of hydrogen-bond donors (Lipinski definition) is 1. The fourth-order valence-electron chi connectivity index (χ4n) is 2.72. The van der Waals surface area contributed by atoms with Gasteiger partial charge >= 0.3 is 0 Å². The minimum absolute atomic E-state index is 0.0186. The highest BCUT2D eigenvalue weighted by molar-refractivity contribution is 5.94. The van der Waals surface area contributed by atoms with Crippen LogP contribution < -0.4 is 5.32 Å². The summed E-state index contributed by atoms with van der Waals surface area (Å²) < 4.78 is 0. The van der Waals surface area contributed by atoms with Crippen molar-refractivity contribution in [3.05, 3.63) is 23.9 Å². The van der Waals surface area contributed by atoms with Crippen molar-refractivity contribution in [1.82, 2.24) is 10.2 Å². The van der Waals surface area contributed by atoms with Crippen LogP contribution in [-0.2, 0) is 9.59 Å². The molecule has 1 aliphatic carbocycles. The molecule has 0 radical (unpaired) electrons. The molecule has 0 saturated carbocycles. The highest BCUT2D eigenvalue weighted by Gasteiger charge is 2.41. The lowest BCUT2D eigenvalue weighted by atomic mass is 9.96. The second kappa shape index (κ2) is 3.47. The Balaban J connectivity index is 1.99. The van der Waals surface area contributed by atoms with Crippen LogP contribution in [0.3, 0.4) is 0 Å². The Labute approximate surface area is 94.0 Å². The molecule has 84 valence electrons. The van der Waals surface area contributed by atoms with Crippen molar-refractivity contribution in [2.45, 2.75) is 25.3 Å². The average Bonchev–Trinajstić information content (AvgIpc) is 2.74. The van der Waals surface area contributed by atoms with Crippen molar-refractivity contribution < 1.29 is 9.59 Å². The van der Waals surface area contributed by atoms with Gasteiger partial charge in [-0.1, -0.05) is 12.2 Å². The van der Waals surface area contributed by atoms with Crippen molar-refractivity contribution in [2.24, 2.45) is 5.92 Å². The standard InChI is InChI=1S/C12H14N2O2/c15-11-10-6-3-7-14(10)12(16)8-4-1-2-5-9(8)13-11/h1-2,5,8,10H,3-4,6-7H2,(H,13,15). The van der Waals surface area contributed by atoms with Crippen LogP contribution in [0, 0.1) is 5.92 Å². The van der Waals surface area contributed by atoms with Gasteiger partial charge in [0.2, 0.25) is 11.8 Å². The van der Waals surface area contributed by atoms with Gasteiger partial charge < -0.3 is 10.2 Å². The Morgan fingerprint density at radius 1 is 1.38 bits per heavy atom. The Bertz CT molecular complexity index is 411. The van der Waals surface area contributed by atoms with Crippen molar-refractivity contribution in [3.63, 3.8) is 0 Å². The Kier molecular flexibility index (Phi) is 2.09. The molecule has 0 aromatic carbocycles. The maximum Gasteiger partial charge on any atom is 0.246 e. The van der Waals surface area contributed by atoms with Crippen molar-refractivity contribution in [2.75, 3.05) is 6.54 Å². The molecular formula is C12H14N2O2. The number of allylic oxidation sites excluding steroid dienone is 3. The number of carbonyl (C=O) groups excluding carboxylic acids is 2. The van der Waals surface area contributed by atoms with Gasteiger partial charge in [0.25, 0.3) is 0 Å². The largest absolute Gasteiger partial charge is 0.330 e. The minimum atomic E-state index is -0.237. The SMILES string of the molecule is O=C1NC2=CC=CCC2C(=O)N2CCCC12. The normalized spacial score (nSPS) is 32.8. The summed E-state index contributed by atoms with van der Waals surface area (Å²) in [6, 6.07) is -0.237. The number of nitrogens with one attached hydrogen (secondary N) is 1. The molecule has 2 fully saturated rings. The van der Waals surface area contributed by atoms with Crippen LogP contribution in [0.15, 0.2) is 23.9 Å². The third kappa shape index (κ3) is 1.29. The first-order chi connectivity index (χ1) is 7.77. The molecule has 2 saturated heterocycles. The summed E-state index contributed by atoms with van der Waals surface area (Å²) in [5, 5.41) is 2.89. The smallest absolute Gasteiger partial charge is 0.246 e. The number of fused-ring (bicyclic) bond motifs is 2. The predicted molar refractivity (Wildman–Crippen MR) is 58.2 cm³/mol. The molecule has 0 spiro atoms. The van der Waals surface area contributed by atoms with Crippen LogP contribution in [0.1, 0.15) is 19.3 Å². The fraction of sp³-hybridized carbons (Fsp3) is 0.500. The molecule has 3 aliphatic rings. The maximum absolute atomic E-state index is 12.3. The molecule has 0 aromatic heterocycles. The summed E-state index contributed by atoms with van der Waals surface area (Å²) in [6.07, 6.45) is 8.15. The van der Waals surface area contributed by atoms with Gasteiger partial charge in [-0.25, -0.2) is 0 Å². The molecule has 2 heterocycles. The summed E-state index contributed by atoms with van der Waals surface area (Å²) in [4.78, 5) is 25.9. The lowest BCUT2D eigenvalue weighted by Gasteiger charge is -2.23. The van der Waals surface area contributed by atoms with E-state index in [9.17, 15) is 9.59 Å². The van der Waals surface area contributed by atoms with Crippen LogP contribution in [0.2, 0.25) is 0 Å². The van der Waals surface area contributed by atoms with E-state index in [2.05, 4.69) is 5.32 Å². The molecule has 2 aliphatic heterocycles. The molecule has 0 aromatic rings. The lowest BCUT2D eigenvalue weighted by Crippen LogP contribution is -2.42. The zero-order valence-electron chi connectivity index (χ0n) is 8.98. The third-order valence-electron chi connectivity index (χ3n) is 3.56. The maximum atomic E-state index is 12.3. The van der Waals surface area contributed by atoms with Gasteiger partial charge in [0.05, 0.1) is 5.92 Å². The van der Waals surface area contributed by atoms with Gasteiger partial charge in [0.15, 0.2) is 0 Å². The lowest BCUT2D eigenvalue weighted by molar-refractivity contribution is -0.138. The summed E-state index contributed by atoms with van der Waals surface area (Å²) in [6.45, 7) is 0.727. The highest BCUT2D eigenvalue weighted by atomic mass is 16.2. The molecular weight excluding hydrogens is 204 g/mol. The quantitative estimate of drug-likeness (QED) is 0.646. The van der Waals surface area contributed by atoms with Crippen LogP contribution in [-0.4, -0.2) is 29.3 Å². The zero-order chi connectivity index (χ0) is 11.1. The van der Waals surface area contributed by atoms with Gasteiger partial charge in [-0.2, -0.15) is 0 Å². The Morgan fingerprint density at radius 2 is 2.25 bits per heavy atom. The molecule has 4 heteroatoms. The second-order valence-corrected chi connectivity index (χ2v) is 4.52. The van der Waals surface area contributed by atoms with Gasteiger partial charge in [0, 0.05) is 12.2 Å². The molecule has 0 bridgehead atoms. The minimum Gasteiger partial charge on any atom is -0.330 e. The van der Waals surface area contributed by atoms with Crippen molar-refractivity contribution >= 4 is 11.8 Å². The van der Waals surface area contributed by atoms with E-state index >= 15 is 0 Å². The zero-order valence-corrected chi connectivity index (χ0v) is 8.98. The van der Waals surface area contributed by atoms with Crippen LogP contribution in [0.25, 0.3) is 0 Å². The van der Waals surface area contributed by atoms with E-state index in [0.29, 0.717) is 6.42 Å². The molecule has 3 rings (SSSR count). The van der Waals surface area contributed by atoms with Crippen molar-refractivity contribution in [1.29, 1.82) is 0 Å². The Morgan fingerprint density at radius 3 is 3.12 bits per heavy atom. The molecule has 2 unspecified atom stereocenters. The summed E-state index contributed by atoms with van der Waals surface area (Å²) in [5.74, 6) is -0.0802. The second-order valence-electron chi connectivity index (χ2n) is 4.52. The van der Waals surface area contributed by atoms with Crippen LogP contribution in [0.4, 0.5) is 0 Å². The van der Waals surface area contributed by atoms with Crippen LogP contribution >= 0.6 is 0 Å². The van der Waals surface area contributed by atoms with Crippen LogP contribution in [0.5, 0.6) is 0 Å².